The fraction of sp³-hybridized carbons (Fsp3) is 0.648. The maximum absolute atomic E-state index is 14.4. The molecule has 7 fully saturated rings. The van der Waals surface area contributed by atoms with Gasteiger partial charge in [-0.1, -0.05) is 253 Å². The monoisotopic (exact) mass is 2060 g/mol. The molecule has 10 rings (SSSR count). The van der Waals surface area contributed by atoms with E-state index in [2.05, 4.69) is 77.6 Å². The van der Waals surface area contributed by atoms with Crippen molar-refractivity contribution in [2.45, 2.75) is 292 Å². The third-order valence-corrected chi connectivity index (χ3v) is 28.6. The number of carboxylic acid groups (broad SMARTS) is 1. The Bertz CT molecular complexity index is 5170. The van der Waals surface area contributed by atoms with Crippen LogP contribution in [0, 0.1) is 69.0 Å². The van der Waals surface area contributed by atoms with E-state index < -0.39 is 198 Å². The topological polar surface area (TPSA) is 541 Å². The molecule has 3 heterocycles. The van der Waals surface area contributed by atoms with Gasteiger partial charge in [-0.2, -0.15) is 0 Å². The van der Waals surface area contributed by atoms with Crippen molar-refractivity contribution in [1.82, 2.24) is 88.3 Å². The van der Waals surface area contributed by atoms with Crippen LogP contribution in [0.5, 0.6) is 0 Å². The molecule has 13 N–H and O–H groups in total. The van der Waals surface area contributed by atoms with Crippen molar-refractivity contribution in [1.29, 1.82) is 0 Å². The summed E-state index contributed by atoms with van der Waals surface area (Å²) in [6.45, 7) is 30.1. The van der Waals surface area contributed by atoms with E-state index in [4.69, 9.17) is 9.47 Å². The van der Waals surface area contributed by atoms with Crippen LogP contribution in [0.4, 0.5) is 9.59 Å². The molecular formula is C108H161N17O23. The van der Waals surface area contributed by atoms with E-state index in [0.717, 1.165) is 64.2 Å². The Morgan fingerprint density at radius 1 is 0.453 bits per heavy atom. The van der Waals surface area contributed by atoms with E-state index >= 15 is 0 Å². The average Bonchev–Trinajstić information content (AvgIpc) is 1.52. The normalized spacial score (nSPS) is 21.2. The quantitative estimate of drug-likeness (QED) is 0.0265. The summed E-state index contributed by atoms with van der Waals surface area (Å²) >= 11 is 0. The summed E-state index contributed by atoms with van der Waals surface area (Å²) in [6.07, 6.45) is 10.9. The number of carbonyl (C=O) groups is 20. The number of alkyl carbamates (subject to hydrolysis) is 2. The molecule has 4 unspecified atom stereocenters. The van der Waals surface area contributed by atoms with Gasteiger partial charge in [0, 0.05) is 47.8 Å². The van der Waals surface area contributed by atoms with E-state index in [1.807, 2.05) is 69.2 Å². The number of piperidine rings is 1. The molecular weight excluding hydrogens is 1900 g/mol. The predicted octanol–water partition coefficient (Wildman–Crippen LogP) is 6.59. The van der Waals surface area contributed by atoms with Crippen LogP contribution < -0.4 is 63.8 Å². The van der Waals surface area contributed by atoms with Gasteiger partial charge < -0.3 is 103 Å². The summed E-state index contributed by atoms with van der Waals surface area (Å²) in [5.41, 5.74) is -0.261. The van der Waals surface area contributed by atoms with E-state index in [0.29, 0.717) is 55.5 Å². The number of rotatable bonds is 44. The average molecular weight is 2070 g/mol. The second kappa shape index (κ2) is 54.4. The highest BCUT2D eigenvalue weighted by Crippen LogP contribution is 2.65. The smallest absolute Gasteiger partial charge is 0.407 e. The molecule has 7 aliphatic rings. The number of ether oxygens (including phenoxy) is 2. The fourth-order valence-corrected chi connectivity index (χ4v) is 20.4. The van der Waals surface area contributed by atoms with Gasteiger partial charge in [-0.05, 0) is 151 Å². The number of likely N-dealkylation sites (tertiary alicyclic amines) is 3. The Kier molecular flexibility index (Phi) is 44.3. The Hall–Kier alpha value is -12.8. The number of likely N-dealkylation sites (N-methyl/N-ethyl adjacent to an activating group) is 3. The van der Waals surface area contributed by atoms with Crippen molar-refractivity contribution in [2.24, 2.45) is 69.0 Å². The highest BCUT2D eigenvalue weighted by molar-refractivity contribution is 6.40. The first kappa shape index (κ1) is 120. The number of ketones is 3. The number of Topliss-reactive ketones (excluding diaryl/α,β-unsaturated/α-hetero) is 3. The van der Waals surface area contributed by atoms with Crippen molar-refractivity contribution in [3.8, 4) is 0 Å². The Labute approximate surface area is 869 Å². The summed E-state index contributed by atoms with van der Waals surface area (Å²) in [7, 11) is 8.02. The minimum absolute atomic E-state index is 0.0620. The zero-order valence-corrected chi connectivity index (χ0v) is 90.0. The van der Waals surface area contributed by atoms with Crippen molar-refractivity contribution < 1.29 is 110 Å². The minimum Gasteiger partial charge on any atom is -0.479 e. The third kappa shape index (κ3) is 33.9. The third-order valence-electron chi connectivity index (χ3n) is 28.6. The summed E-state index contributed by atoms with van der Waals surface area (Å²) in [4.78, 5) is 271. The molecule has 4 aliphatic carbocycles. The van der Waals surface area contributed by atoms with Gasteiger partial charge in [0.25, 0.3) is 17.7 Å². The highest BCUT2D eigenvalue weighted by atomic mass is 16.6. The maximum atomic E-state index is 14.4. The van der Waals surface area contributed by atoms with Crippen molar-refractivity contribution >= 4 is 118 Å². The molecule has 148 heavy (non-hydrogen) atoms. The van der Waals surface area contributed by atoms with Crippen LogP contribution >= 0.6 is 0 Å². The lowest BCUT2D eigenvalue weighted by atomic mass is 9.83. The first-order valence-corrected chi connectivity index (χ1v) is 52.1. The molecule has 16 atom stereocenters. The van der Waals surface area contributed by atoms with Gasteiger partial charge in [0.05, 0.1) is 51.0 Å². The van der Waals surface area contributed by atoms with Crippen LogP contribution in [0.25, 0.3) is 0 Å². The molecule has 3 aromatic carbocycles. The van der Waals surface area contributed by atoms with E-state index in [9.17, 15) is 101 Å². The van der Waals surface area contributed by atoms with Gasteiger partial charge in [-0.3, -0.25) is 81.5 Å². The Morgan fingerprint density at radius 2 is 0.818 bits per heavy atom. The second-order valence-corrected chi connectivity index (χ2v) is 44.9. The largest absolute Gasteiger partial charge is 0.479 e. The first-order chi connectivity index (χ1) is 69.6. The maximum Gasteiger partial charge on any atom is 0.407 e. The van der Waals surface area contributed by atoms with Crippen LogP contribution in [-0.2, 0) is 95.8 Å². The first-order valence-electron chi connectivity index (χ1n) is 52.1. The van der Waals surface area contributed by atoms with Gasteiger partial charge in [0.1, 0.15) is 48.3 Å². The fourth-order valence-electron chi connectivity index (χ4n) is 20.4. The SMILES string of the molecule is CC(C)COC(=O)N[C@H](C(=O)N1C[C@H]2[C@@H]([C@H]1C(=O)N[C@H](C(=O)C(=O)NCC(=O)NC(C(=O)N(C)C)c1ccccc1)[C@H]1C[C@@H]1C)C2(C)C)C1CCCCC1.CCCC(NC(=O)[C@@H]1CC(C)(C)CN1C(=O)[C@@H](NC)C1CCCCC1)C(=O)C(=O)NCC(=O)NC(C(=O)O)c1ccccc1.CCC[C@H](NC(=O)[C@@H]1CC(C)(C)CN1C(=O)[C@@H](NC(=O)OCC(C)C)C(C)(C)C)C(=O)C(=O)NCC(=O)NC(C(=O)N(C)C)c1ccccc1. The van der Waals surface area contributed by atoms with Gasteiger partial charge in [-0.15, -0.1) is 0 Å². The number of amides is 16. The van der Waals surface area contributed by atoms with Crippen LogP contribution in [0.3, 0.4) is 0 Å². The second-order valence-electron chi connectivity index (χ2n) is 44.9. The lowest BCUT2D eigenvalue weighted by Gasteiger charge is -2.37. The number of aliphatic carboxylic acids is 1. The minimum atomic E-state index is -1.33. The number of hydrogen-bond donors (Lipinski definition) is 13. The summed E-state index contributed by atoms with van der Waals surface area (Å²) in [6, 6.07) is 13.6. The summed E-state index contributed by atoms with van der Waals surface area (Å²) in [5, 5.41) is 41.0. The van der Waals surface area contributed by atoms with Gasteiger partial charge in [-0.25, -0.2) is 14.4 Å². The Balaban J connectivity index is 0.000000272. The van der Waals surface area contributed by atoms with Crippen LogP contribution in [0.1, 0.15) is 255 Å². The number of hydrogen-bond acceptors (Lipinski definition) is 23. The van der Waals surface area contributed by atoms with Crippen LogP contribution in [0.2, 0.25) is 0 Å². The number of carbonyl (C=O) groups excluding carboxylic acids is 19. The molecule has 4 saturated carbocycles. The van der Waals surface area contributed by atoms with Crippen molar-refractivity contribution in [3.05, 3.63) is 108 Å². The lowest BCUT2D eigenvalue weighted by molar-refractivity contribution is -0.145. The molecule has 0 radical (unpaired) electrons. The zero-order valence-electron chi connectivity index (χ0n) is 90.0. The number of nitrogens with zero attached hydrogens (tertiary/aromatic N) is 5. The molecule has 3 aliphatic heterocycles. The van der Waals surface area contributed by atoms with Gasteiger partial charge in [0.2, 0.25) is 82.3 Å². The van der Waals surface area contributed by atoms with E-state index in [-0.39, 0.29) is 121 Å². The number of benzene rings is 3. The molecule has 3 saturated heterocycles. The zero-order chi connectivity index (χ0) is 110. The summed E-state index contributed by atoms with van der Waals surface area (Å²) in [5.74, 6) is -12.6. The van der Waals surface area contributed by atoms with Gasteiger partial charge >= 0.3 is 18.2 Å². The standard InChI is InChI=1S/C40H58N6O8.C36H56N6O8.C32H47N5O7/c1-22(2)21-54-39(53)44-31(25-16-12-9-13-17-25)38(52)46-20-27-29(40(27,4)5)33(46)35(49)43-32(26-18-23(26)3)34(48)36(50)41-19-28(47)42-30(37(51)45(6)7)24-14-10-8-11-15-24;1-11-15-24(28(44)31(46)37-19-26(43)39-27(32(47)41(9)10)23-16-13-12-14-17-23)38-30(45)25-18-36(7,8)21-42(25)33(48)29(35(4,5)6)40-34(49)50-20-22(2)3;1-5-12-22(27(39)29(41)34-18-24(38)36-26(31(43)44)21-15-10-7-11-16-21)35-28(40)23-17-32(2,3)19-37(23)30(42)25(33-4)20-13-8-6-9-14-20/h8,10-11,14-15,22-23,25-27,29-33H,9,12-13,16-21H2,1-7H3,(H,41,50)(H,42,47)(H,43,49)(H,44,53);12-14,16-17,22,24-25,27,29H,11,15,18-21H2,1-10H3,(H,37,46)(H,38,45)(H,39,43)(H,40,49);7,10-11,15-16,20,22-23,25-26,33H,5-6,8-9,12-14,17-19H2,1-4H3,(H,34,41)(H,35,40)(H,36,38)(H,43,44)/t23-,26-,27-,29-,30?,31-,32-,33-;24-,25-,27?,29+;22?,23-,25-,26?/m000/s1. The molecule has 0 aromatic heterocycles. The molecule has 40 nitrogen and oxygen atoms in total. The lowest BCUT2D eigenvalue weighted by Crippen LogP contribution is -2.60. The van der Waals surface area contributed by atoms with Crippen LogP contribution in [-0.4, -0.2) is 290 Å². The van der Waals surface area contributed by atoms with Crippen molar-refractivity contribution in [2.75, 3.05) is 87.7 Å². The predicted molar refractivity (Wildman–Crippen MR) is 550 cm³/mol. The number of carboxylic acids is 1. The van der Waals surface area contributed by atoms with Crippen molar-refractivity contribution in [3.63, 3.8) is 0 Å². The molecule has 816 valence electrons. The molecule has 3 aromatic rings. The molecule has 0 spiro atoms. The highest BCUT2D eigenvalue weighted by Gasteiger charge is 2.70. The molecule has 40 heteroatoms. The number of nitrogens with one attached hydrogen (secondary N) is 12. The summed E-state index contributed by atoms with van der Waals surface area (Å²) < 4.78 is 10.7. The number of fused-ring (bicyclic) bond motifs is 1. The van der Waals surface area contributed by atoms with Gasteiger partial charge in [0.15, 0.2) is 6.04 Å². The molecule has 16 amide bonds. The van der Waals surface area contributed by atoms with Crippen LogP contribution in [0.15, 0.2) is 91.0 Å². The van der Waals surface area contributed by atoms with E-state index in [1.165, 1.54) is 14.7 Å². The Morgan fingerprint density at radius 3 is 1.18 bits per heavy atom. The molecule has 0 bridgehead atoms. The van der Waals surface area contributed by atoms with E-state index in [1.54, 1.807) is 164 Å².